The van der Waals surface area contributed by atoms with Crippen molar-refractivity contribution in [2.24, 2.45) is 5.73 Å². The maximum absolute atomic E-state index is 12.1. The Balaban J connectivity index is 2.94. The van der Waals surface area contributed by atoms with Crippen LogP contribution in [0.3, 0.4) is 0 Å². The van der Waals surface area contributed by atoms with Gasteiger partial charge in [-0.1, -0.05) is 6.07 Å². The number of amides is 1. The first kappa shape index (κ1) is 16.9. The number of carbonyl (C=O) groups is 2. The molecule has 1 aromatic rings. The van der Waals surface area contributed by atoms with Gasteiger partial charge in [0.2, 0.25) is 15.9 Å². The quantitative estimate of drug-likeness (QED) is 0.602. The Bertz CT molecular complexity index is 628. The van der Waals surface area contributed by atoms with E-state index in [1.54, 1.807) is 6.07 Å². The summed E-state index contributed by atoms with van der Waals surface area (Å²) in [6.45, 7) is 0. The molecule has 1 unspecified atom stereocenters. The second kappa shape index (κ2) is 7.04. The number of benzene rings is 1. The molecule has 0 aliphatic carbocycles. The molecule has 0 bridgehead atoms. The highest BCUT2D eigenvalue weighted by atomic mass is 32.2. The van der Waals surface area contributed by atoms with Gasteiger partial charge in [-0.05, 0) is 18.6 Å². The average Bonchev–Trinajstić information content (AvgIpc) is 2.43. The summed E-state index contributed by atoms with van der Waals surface area (Å²) in [5.41, 5.74) is 4.93. The maximum atomic E-state index is 12.1. The van der Waals surface area contributed by atoms with Crippen LogP contribution in [0.4, 0.5) is 0 Å². The Hall–Kier alpha value is -2.13. The number of hydrogen-bond acceptors (Lipinski definition) is 5. The van der Waals surface area contributed by atoms with Crippen LogP contribution in [0.2, 0.25) is 0 Å². The van der Waals surface area contributed by atoms with E-state index in [4.69, 9.17) is 15.6 Å². The zero-order valence-electron chi connectivity index (χ0n) is 11.3. The van der Waals surface area contributed by atoms with Gasteiger partial charge in [0.15, 0.2) is 0 Å². The molecule has 1 aromatic carbocycles. The number of carbonyl (C=O) groups excluding carboxylic acids is 1. The first-order valence-electron chi connectivity index (χ1n) is 5.94. The van der Waals surface area contributed by atoms with Crippen molar-refractivity contribution in [1.82, 2.24) is 4.72 Å². The van der Waals surface area contributed by atoms with Gasteiger partial charge in [-0.15, -0.1) is 0 Å². The Labute approximate surface area is 122 Å². The predicted octanol–water partition coefficient (Wildman–Crippen LogP) is -0.308. The molecule has 116 valence electrons. The molecule has 0 saturated heterocycles. The zero-order chi connectivity index (χ0) is 16.0. The molecule has 21 heavy (non-hydrogen) atoms. The van der Waals surface area contributed by atoms with Crippen molar-refractivity contribution in [3.05, 3.63) is 24.3 Å². The largest absolute Gasteiger partial charge is 0.497 e. The number of rotatable bonds is 8. The minimum absolute atomic E-state index is 0.132. The van der Waals surface area contributed by atoms with Crippen molar-refractivity contribution >= 4 is 21.9 Å². The van der Waals surface area contributed by atoms with E-state index in [-0.39, 0.29) is 17.7 Å². The fourth-order valence-electron chi connectivity index (χ4n) is 1.54. The lowest BCUT2D eigenvalue weighted by molar-refractivity contribution is -0.139. The first-order chi connectivity index (χ1) is 9.76. The molecule has 1 rings (SSSR count). The third kappa shape index (κ3) is 5.04. The summed E-state index contributed by atoms with van der Waals surface area (Å²) in [7, 11) is -2.67. The molecule has 9 heteroatoms. The lowest BCUT2D eigenvalue weighted by Crippen LogP contribution is -2.41. The van der Waals surface area contributed by atoms with E-state index >= 15 is 0 Å². The molecule has 8 nitrogen and oxygen atoms in total. The van der Waals surface area contributed by atoms with Crippen LogP contribution in [0.25, 0.3) is 0 Å². The van der Waals surface area contributed by atoms with Gasteiger partial charge in [-0.25, -0.2) is 8.42 Å². The van der Waals surface area contributed by atoms with Crippen LogP contribution in [0.5, 0.6) is 5.75 Å². The van der Waals surface area contributed by atoms with Crippen molar-refractivity contribution in [2.45, 2.75) is 23.8 Å². The number of carboxylic acids is 1. The summed E-state index contributed by atoms with van der Waals surface area (Å²) in [5.74, 6) is -1.77. The summed E-state index contributed by atoms with van der Waals surface area (Å²) in [5, 5.41) is 8.99. The second-order valence-electron chi connectivity index (χ2n) is 4.20. The number of nitrogens with two attached hydrogens (primary N) is 1. The standard InChI is InChI=1S/C12H16N2O6S/c1-20-8-3-2-4-9(7-8)21(18,19)14-10(12(16)17)5-6-11(13)15/h2-4,7,10,14H,5-6H2,1H3,(H2,13,15)(H,16,17). The molecule has 1 amide bonds. The fraction of sp³-hybridized carbons (Fsp3) is 0.333. The van der Waals surface area contributed by atoms with Gasteiger partial charge in [0.1, 0.15) is 11.8 Å². The summed E-state index contributed by atoms with van der Waals surface area (Å²) < 4.78 is 31.2. The molecule has 0 aromatic heterocycles. The van der Waals surface area contributed by atoms with Gasteiger partial charge in [0.25, 0.3) is 0 Å². The Morgan fingerprint density at radius 1 is 1.43 bits per heavy atom. The highest BCUT2D eigenvalue weighted by Crippen LogP contribution is 2.17. The maximum Gasteiger partial charge on any atom is 0.321 e. The van der Waals surface area contributed by atoms with E-state index in [1.165, 1.54) is 25.3 Å². The van der Waals surface area contributed by atoms with Crippen LogP contribution in [-0.2, 0) is 19.6 Å². The first-order valence-corrected chi connectivity index (χ1v) is 7.42. The van der Waals surface area contributed by atoms with Crippen LogP contribution in [-0.4, -0.2) is 38.6 Å². The lowest BCUT2D eigenvalue weighted by atomic mass is 10.2. The molecule has 0 radical (unpaired) electrons. The van der Waals surface area contributed by atoms with Crippen LogP contribution in [0, 0.1) is 0 Å². The molecular weight excluding hydrogens is 300 g/mol. The minimum atomic E-state index is -4.05. The number of methoxy groups -OCH3 is 1. The van der Waals surface area contributed by atoms with Crippen molar-refractivity contribution in [3.8, 4) is 5.75 Å². The Morgan fingerprint density at radius 2 is 2.10 bits per heavy atom. The van der Waals surface area contributed by atoms with E-state index in [0.717, 1.165) is 0 Å². The average molecular weight is 316 g/mol. The lowest BCUT2D eigenvalue weighted by Gasteiger charge is -2.14. The number of carboxylic acid groups (broad SMARTS) is 1. The van der Waals surface area contributed by atoms with Gasteiger partial charge < -0.3 is 15.6 Å². The Morgan fingerprint density at radius 3 is 2.62 bits per heavy atom. The van der Waals surface area contributed by atoms with Crippen molar-refractivity contribution in [1.29, 1.82) is 0 Å². The molecule has 0 aliphatic heterocycles. The van der Waals surface area contributed by atoms with Crippen LogP contribution >= 0.6 is 0 Å². The summed E-state index contributed by atoms with van der Waals surface area (Å²) in [6.07, 6.45) is -0.467. The van der Waals surface area contributed by atoms with Gasteiger partial charge >= 0.3 is 5.97 Å². The van der Waals surface area contributed by atoms with Gasteiger partial charge in [-0.3, -0.25) is 9.59 Å². The van der Waals surface area contributed by atoms with Crippen molar-refractivity contribution in [3.63, 3.8) is 0 Å². The fourth-order valence-corrected chi connectivity index (χ4v) is 2.80. The smallest absolute Gasteiger partial charge is 0.321 e. The number of primary amides is 1. The third-order valence-electron chi connectivity index (χ3n) is 2.63. The van der Waals surface area contributed by atoms with Crippen LogP contribution in [0.1, 0.15) is 12.8 Å². The van der Waals surface area contributed by atoms with E-state index in [0.29, 0.717) is 5.75 Å². The number of aliphatic carboxylic acids is 1. The van der Waals surface area contributed by atoms with Gasteiger partial charge in [0, 0.05) is 12.5 Å². The van der Waals surface area contributed by atoms with Crippen molar-refractivity contribution < 1.29 is 27.9 Å². The van der Waals surface area contributed by atoms with E-state index in [1.807, 2.05) is 4.72 Å². The van der Waals surface area contributed by atoms with E-state index < -0.39 is 27.9 Å². The number of sulfonamides is 1. The molecule has 0 aliphatic rings. The molecule has 0 saturated carbocycles. The molecule has 4 N–H and O–H groups in total. The normalized spacial score (nSPS) is 12.6. The van der Waals surface area contributed by atoms with Crippen LogP contribution < -0.4 is 15.2 Å². The summed E-state index contributed by atoms with van der Waals surface area (Å²) in [6, 6.07) is 4.15. The third-order valence-corrected chi connectivity index (χ3v) is 4.10. The minimum Gasteiger partial charge on any atom is -0.497 e. The molecule has 0 spiro atoms. The molecule has 0 heterocycles. The molecule has 0 fully saturated rings. The highest BCUT2D eigenvalue weighted by molar-refractivity contribution is 7.89. The number of nitrogens with one attached hydrogen (secondary N) is 1. The van der Waals surface area contributed by atoms with Crippen LogP contribution in [0.15, 0.2) is 29.2 Å². The second-order valence-corrected chi connectivity index (χ2v) is 5.91. The topological polar surface area (TPSA) is 136 Å². The molecule has 1 atom stereocenters. The van der Waals surface area contributed by atoms with E-state index in [2.05, 4.69) is 0 Å². The van der Waals surface area contributed by atoms with Crippen molar-refractivity contribution in [2.75, 3.05) is 7.11 Å². The predicted molar refractivity (Wildman–Crippen MR) is 73.2 cm³/mol. The number of ether oxygens (including phenoxy) is 1. The molecular formula is C12H16N2O6S. The Kier molecular flexibility index (Phi) is 5.68. The monoisotopic (exact) mass is 316 g/mol. The summed E-state index contributed by atoms with van der Waals surface area (Å²) >= 11 is 0. The highest BCUT2D eigenvalue weighted by Gasteiger charge is 2.25. The van der Waals surface area contributed by atoms with Gasteiger partial charge in [-0.2, -0.15) is 4.72 Å². The summed E-state index contributed by atoms with van der Waals surface area (Å²) in [4.78, 5) is 21.6. The SMILES string of the molecule is COc1cccc(S(=O)(=O)NC(CCC(N)=O)C(=O)O)c1. The van der Waals surface area contributed by atoms with E-state index in [9.17, 15) is 18.0 Å². The zero-order valence-corrected chi connectivity index (χ0v) is 12.1. The van der Waals surface area contributed by atoms with Gasteiger partial charge in [0.05, 0.1) is 12.0 Å². The number of hydrogen-bond donors (Lipinski definition) is 3.